The number of nitrogen functional groups attached to an aromatic ring is 1. The van der Waals surface area contributed by atoms with Crippen LogP contribution in [-0.2, 0) is 6.54 Å². The topological polar surface area (TPSA) is 76.7 Å². The SMILES string of the molecule is Nc1ncnc(NCc2cnsc2)c1Br. The average molecular weight is 286 g/mol. The molecule has 0 aliphatic rings. The van der Waals surface area contributed by atoms with Crippen molar-refractivity contribution in [2.45, 2.75) is 6.54 Å². The standard InChI is InChI=1S/C8H8BrN5S/c9-6-7(10)12-4-13-8(6)11-1-5-2-14-15-3-5/h2-4H,1H2,(H3,10,11,12,13). The summed E-state index contributed by atoms with van der Waals surface area (Å²) < 4.78 is 4.70. The number of hydrogen-bond donors (Lipinski definition) is 2. The van der Waals surface area contributed by atoms with Gasteiger partial charge in [0.15, 0.2) is 0 Å². The van der Waals surface area contributed by atoms with Crippen LogP contribution in [0.25, 0.3) is 0 Å². The summed E-state index contributed by atoms with van der Waals surface area (Å²) in [6.45, 7) is 0.672. The van der Waals surface area contributed by atoms with E-state index in [0.29, 0.717) is 22.7 Å². The van der Waals surface area contributed by atoms with Crippen molar-refractivity contribution >= 4 is 39.1 Å². The number of aromatic nitrogens is 3. The average Bonchev–Trinajstić information content (AvgIpc) is 2.73. The first-order valence-corrected chi connectivity index (χ1v) is 5.78. The molecule has 0 saturated carbocycles. The lowest BCUT2D eigenvalue weighted by Gasteiger charge is -2.06. The van der Waals surface area contributed by atoms with Gasteiger partial charge in [0.1, 0.15) is 22.4 Å². The largest absolute Gasteiger partial charge is 0.383 e. The van der Waals surface area contributed by atoms with Crippen LogP contribution in [0.3, 0.4) is 0 Å². The molecule has 0 saturated heterocycles. The molecule has 0 fully saturated rings. The summed E-state index contributed by atoms with van der Waals surface area (Å²) in [7, 11) is 0. The quantitative estimate of drug-likeness (QED) is 0.901. The van der Waals surface area contributed by atoms with Gasteiger partial charge in [-0.25, -0.2) is 14.3 Å². The van der Waals surface area contributed by atoms with Gasteiger partial charge in [-0.15, -0.1) is 0 Å². The second kappa shape index (κ2) is 4.54. The van der Waals surface area contributed by atoms with Crippen LogP contribution in [0.2, 0.25) is 0 Å². The van der Waals surface area contributed by atoms with E-state index in [1.54, 1.807) is 0 Å². The van der Waals surface area contributed by atoms with Crippen LogP contribution in [0.5, 0.6) is 0 Å². The van der Waals surface area contributed by atoms with Crippen LogP contribution in [0.1, 0.15) is 5.56 Å². The number of anilines is 2. The van der Waals surface area contributed by atoms with Crippen molar-refractivity contribution in [1.29, 1.82) is 0 Å². The Hall–Kier alpha value is -1.21. The molecule has 0 spiro atoms. The highest BCUT2D eigenvalue weighted by Crippen LogP contribution is 2.24. The normalized spacial score (nSPS) is 10.2. The summed E-state index contributed by atoms with van der Waals surface area (Å²) in [6, 6.07) is 0. The van der Waals surface area contributed by atoms with E-state index in [1.807, 2.05) is 11.6 Å². The summed E-state index contributed by atoms with van der Waals surface area (Å²) >= 11 is 4.74. The predicted octanol–water partition coefficient (Wildman–Crippen LogP) is 1.89. The monoisotopic (exact) mass is 285 g/mol. The summed E-state index contributed by atoms with van der Waals surface area (Å²) in [5, 5.41) is 5.12. The molecule has 0 unspecified atom stereocenters. The smallest absolute Gasteiger partial charge is 0.146 e. The second-order valence-corrected chi connectivity index (χ2v) is 4.26. The number of hydrogen-bond acceptors (Lipinski definition) is 6. The number of nitrogens with one attached hydrogen (secondary N) is 1. The third kappa shape index (κ3) is 2.42. The fraction of sp³-hybridized carbons (Fsp3) is 0.125. The van der Waals surface area contributed by atoms with Crippen LogP contribution in [0.15, 0.2) is 22.4 Å². The summed E-state index contributed by atoms with van der Waals surface area (Å²) in [4.78, 5) is 7.93. The molecule has 7 heteroatoms. The van der Waals surface area contributed by atoms with E-state index >= 15 is 0 Å². The van der Waals surface area contributed by atoms with Crippen molar-refractivity contribution in [2.75, 3.05) is 11.1 Å². The highest BCUT2D eigenvalue weighted by atomic mass is 79.9. The van der Waals surface area contributed by atoms with Crippen molar-refractivity contribution < 1.29 is 0 Å². The molecule has 2 rings (SSSR count). The van der Waals surface area contributed by atoms with Gasteiger partial charge in [-0.2, -0.15) is 0 Å². The van der Waals surface area contributed by atoms with Crippen molar-refractivity contribution in [3.63, 3.8) is 0 Å². The first-order chi connectivity index (χ1) is 7.27. The molecule has 3 N–H and O–H groups in total. The van der Waals surface area contributed by atoms with Crippen LogP contribution >= 0.6 is 27.5 Å². The molecule has 0 aromatic carbocycles. The molecule has 2 aromatic heterocycles. The zero-order chi connectivity index (χ0) is 10.7. The maximum Gasteiger partial charge on any atom is 0.146 e. The lowest BCUT2D eigenvalue weighted by atomic mass is 10.4. The van der Waals surface area contributed by atoms with Crippen molar-refractivity contribution in [2.24, 2.45) is 0 Å². The van der Waals surface area contributed by atoms with Crippen LogP contribution in [0.4, 0.5) is 11.6 Å². The van der Waals surface area contributed by atoms with Crippen molar-refractivity contribution in [1.82, 2.24) is 14.3 Å². The van der Waals surface area contributed by atoms with Crippen molar-refractivity contribution in [3.8, 4) is 0 Å². The minimum atomic E-state index is 0.427. The van der Waals surface area contributed by atoms with Gasteiger partial charge >= 0.3 is 0 Å². The van der Waals surface area contributed by atoms with E-state index in [-0.39, 0.29) is 0 Å². The Balaban J connectivity index is 2.08. The zero-order valence-electron chi connectivity index (χ0n) is 7.64. The number of halogens is 1. The Morgan fingerprint density at radius 1 is 1.47 bits per heavy atom. The molecule has 0 aliphatic carbocycles. The molecule has 2 heterocycles. The van der Waals surface area contributed by atoms with Crippen molar-refractivity contribution in [3.05, 3.63) is 27.9 Å². The minimum Gasteiger partial charge on any atom is -0.383 e. The molecule has 0 bridgehead atoms. The summed E-state index contributed by atoms with van der Waals surface area (Å²) in [6.07, 6.45) is 3.24. The van der Waals surface area contributed by atoms with Gasteiger partial charge in [0.2, 0.25) is 0 Å². The molecule has 0 amide bonds. The molecule has 15 heavy (non-hydrogen) atoms. The molecule has 78 valence electrons. The molecule has 0 atom stereocenters. The van der Waals surface area contributed by atoms with E-state index in [9.17, 15) is 0 Å². The second-order valence-electron chi connectivity index (χ2n) is 2.81. The van der Waals surface area contributed by atoms with E-state index in [2.05, 4.69) is 35.6 Å². The van der Waals surface area contributed by atoms with Crippen LogP contribution in [0, 0.1) is 0 Å². The molecule has 2 aromatic rings. The molecule has 0 radical (unpaired) electrons. The minimum absolute atomic E-state index is 0.427. The highest BCUT2D eigenvalue weighted by Gasteiger charge is 2.05. The molecule has 0 aliphatic heterocycles. The maximum absolute atomic E-state index is 5.62. The summed E-state index contributed by atoms with van der Waals surface area (Å²) in [5.41, 5.74) is 6.74. The van der Waals surface area contributed by atoms with E-state index in [4.69, 9.17) is 5.73 Å². The predicted molar refractivity (Wildman–Crippen MR) is 63.6 cm³/mol. The first-order valence-electron chi connectivity index (χ1n) is 4.15. The number of rotatable bonds is 3. The zero-order valence-corrected chi connectivity index (χ0v) is 10.0. The fourth-order valence-corrected chi connectivity index (χ4v) is 1.89. The lowest BCUT2D eigenvalue weighted by Crippen LogP contribution is -2.03. The van der Waals surface area contributed by atoms with E-state index in [0.717, 1.165) is 5.56 Å². The van der Waals surface area contributed by atoms with Gasteiger partial charge in [0, 0.05) is 23.7 Å². The third-order valence-electron chi connectivity index (χ3n) is 1.76. The Morgan fingerprint density at radius 3 is 3.07 bits per heavy atom. The molecular weight excluding hydrogens is 278 g/mol. The van der Waals surface area contributed by atoms with Crippen LogP contribution in [-0.4, -0.2) is 14.3 Å². The summed E-state index contributed by atoms with van der Waals surface area (Å²) in [5.74, 6) is 1.12. The lowest BCUT2D eigenvalue weighted by molar-refractivity contribution is 1.08. The molecule has 5 nitrogen and oxygen atoms in total. The maximum atomic E-state index is 5.62. The first kappa shape index (κ1) is 10.3. The Bertz CT molecular complexity index is 444. The van der Waals surface area contributed by atoms with Gasteiger partial charge in [-0.1, -0.05) is 0 Å². The fourth-order valence-electron chi connectivity index (χ4n) is 1.01. The van der Waals surface area contributed by atoms with Gasteiger partial charge < -0.3 is 11.1 Å². The molecular formula is C8H8BrN5S. The van der Waals surface area contributed by atoms with E-state index in [1.165, 1.54) is 17.9 Å². The Morgan fingerprint density at radius 2 is 2.33 bits per heavy atom. The van der Waals surface area contributed by atoms with Gasteiger partial charge in [-0.05, 0) is 27.5 Å². The van der Waals surface area contributed by atoms with Gasteiger partial charge in [0.25, 0.3) is 0 Å². The van der Waals surface area contributed by atoms with Gasteiger partial charge in [-0.3, -0.25) is 0 Å². The van der Waals surface area contributed by atoms with Crippen LogP contribution < -0.4 is 11.1 Å². The third-order valence-corrected chi connectivity index (χ3v) is 3.18. The Kier molecular flexibility index (Phi) is 3.12. The number of nitrogens with zero attached hydrogens (tertiary/aromatic N) is 3. The van der Waals surface area contributed by atoms with Gasteiger partial charge in [0.05, 0.1) is 0 Å². The number of nitrogens with two attached hydrogens (primary N) is 1. The van der Waals surface area contributed by atoms with E-state index < -0.39 is 0 Å². The highest BCUT2D eigenvalue weighted by molar-refractivity contribution is 9.10. The Labute approximate surface area is 99.1 Å².